The molecule has 5 heteroatoms. The fourth-order valence-electron chi connectivity index (χ4n) is 1.96. The highest BCUT2D eigenvalue weighted by atomic mass is 35.5. The van der Waals surface area contributed by atoms with Gasteiger partial charge in [0.05, 0.1) is 14.2 Å². The molecule has 110 valence electrons. The van der Waals surface area contributed by atoms with Gasteiger partial charge in [-0.1, -0.05) is 11.6 Å². The van der Waals surface area contributed by atoms with Crippen LogP contribution in [-0.4, -0.2) is 20.1 Å². The Hall–Kier alpha value is -2.20. The number of amides is 1. The first-order valence-corrected chi connectivity index (χ1v) is 6.72. The van der Waals surface area contributed by atoms with E-state index >= 15 is 0 Å². The van der Waals surface area contributed by atoms with E-state index < -0.39 is 0 Å². The van der Waals surface area contributed by atoms with E-state index in [0.29, 0.717) is 27.8 Å². The molecule has 2 aromatic carbocycles. The Morgan fingerprint density at radius 2 is 1.62 bits per heavy atom. The summed E-state index contributed by atoms with van der Waals surface area (Å²) in [7, 11) is 3.10. The standard InChI is InChI=1S/C16H16ClNO3/c1-10-8-14(20-2)15(21-3)9-13(10)16(19)18-12-6-4-11(17)5-7-12/h4-9H,1-3H3,(H,18,19). The van der Waals surface area contributed by atoms with E-state index in [9.17, 15) is 4.79 Å². The van der Waals surface area contributed by atoms with E-state index in [1.165, 1.54) is 7.11 Å². The third kappa shape index (κ3) is 3.47. The molecule has 0 aliphatic carbocycles. The Bertz CT molecular complexity index is 653. The Labute approximate surface area is 128 Å². The lowest BCUT2D eigenvalue weighted by molar-refractivity contribution is 0.102. The van der Waals surface area contributed by atoms with E-state index in [-0.39, 0.29) is 5.91 Å². The van der Waals surface area contributed by atoms with Crippen molar-refractivity contribution in [1.29, 1.82) is 0 Å². The van der Waals surface area contributed by atoms with Crippen LogP contribution in [0.3, 0.4) is 0 Å². The summed E-state index contributed by atoms with van der Waals surface area (Å²) in [6.45, 7) is 1.85. The van der Waals surface area contributed by atoms with Crippen molar-refractivity contribution in [2.45, 2.75) is 6.92 Å². The minimum atomic E-state index is -0.212. The molecule has 0 saturated heterocycles. The van der Waals surface area contributed by atoms with Crippen molar-refractivity contribution in [2.75, 3.05) is 19.5 Å². The fourth-order valence-corrected chi connectivity index (χ4v) is 2.08. The summed E-state index contributed by atoms with van der Waals surface area (Å²) < 4.78 is 10.4. The largest absolute Gasteiger partial charge is 0.493 e. The second kappa shape index (κ2) is 6.50. The predicted molar refractivity (Wildman–Crippen MR) is 83.7 cm³/mol. The Morgan fingerprint density at radius 3 is 2.19 bits per heavy atom. The van der Waals surface area contributed by atoms with Crippen molar-refractivity contribution in [1.82, 2.24) is 0 Å². The molecule has 1 N–H and O–H groups in total. The van der Waals surface area contributed by atoms with Crippen LogP contribution in [0.2, 0.25) is 5.02 Å². The molecule has 1 amide bonds. The number of benzene rings is 2. The van der Waals surface area contributed by atoms with Crippen LogP contribution in [0.1, 0.15) is 15.9 Å². The van der Waals surface area contributed by atoms with Crippen molar-refractivity contribution >= 4 is 23.2 Å². The molecule has 0 radical (unpaired) electrons. The number of carbonyl (C=O) groups excluding carboxylic acids is 1. The summed E-state index contributed by atoms with van der Waals surface area (Å²) in [4.78, 5) is 12.3. The molecule has 0 aromatic heterocycles. The molecule has 0 aliphatic rings. The summed E-state index contributed by atoms with van der Waals surface area (Å²) in [6, 6.07) is 10.4. The highest BCUT2D eigenvalue weighted by Crippen LogP contribution is 2.30. The fraction of sp³-hybridized carbons (Fsp3) is 0.188. The Morgan fingerprint density at radius 1 is 1.05 bits per heavy atom. The van der Waals surface area contributed by atoms with E-state index in [1.807, 2.05) is 6.92 Å². The van der Waals surface area contributed by atoms with Crippen LogP contribution in [0.5, 0.6) is 11.5 Å². The van der Waals surface area contributed by atoms with Crippen LogP contribution < -0.4 is 14.8 Å². The highest BCUT2D eigenvalue weighted by molar-refractivity contribution is 6.30. The van der Waals surface area contributed by atoms with Gasteiger partial charge in [0.25, 0.3) is 5.91 Å². The maximum atomic E-state index is 12.3. The molecule has 2 aromatic rings. The molecule has 0 unspecified atom stereocenters. The van der Waals surface area contributed by atoms with Crippen LogP contribution in [0, 0.1) is 6.92 Å². The van der Waals surface area contributed by atoms with Crippen molar-refractivity contribution in [3.05, 3.63) is 52.5 Å². The molecule has 21 heavy (non-hydrogen) atoms. The number of aryl methyl sites for hydroxylation is 1. The minimum absolute atomic E-state index is 0.212. The lowest BCUT2D eigenvalue weighted by Gasteiger charge is -2.13. The van der Waals surface area contributed by atoms with Crippen LogP contribution >= 0.6 is 11.6 Å². The number of hydrogen-bond donors (Lipinski definition) is 1. The quantitative estimate of drug-likeness (QED) is 0.931. The Kier molecular flexibility index (Phi) is 4.70. The van der Waals surface area contributed by atoms with Gasteiger partial charge < -0.3 is 14.8 Å². The van der Waals surface area contributed by atoms with Gasteiger partial charge in [-0.3, -0.25) is 4.79 Å². The molecule has 0 atom stereocenters. The number of halogens is 1. The van der Waals surface area contributed by atoms with E-state index in [2.05, 4.69) is 5.32 Å². The molecule has 0 bridgehead atoms. The molecule has 2 rings (SSSR count). The summed E-state index contributed by atoms with van der Waals surface area (Å²) >= 11 is 5.82. The van der Waals surface area contributed by atoms with Gasteiger partial charge in [0.15, 0.2) is 11.5 Å². The van der Waals surface area contributed by atoms with Gasteiger partial charge in [0.1, 0.15) is 0 Å². The molecule has 0 aliphatic heterocycles. The van der Waals surface area contributed by atoms with Gasteiger partial charge in [0, 0.05) is 16.3 Å². The predicted octanol–water partition coefficient (Wildman–Crippen LogP) is 3.92. The number of methoxy groups -OCH3 is 2. The van der Waals surface area contributed by atoms with E-state index in [0.717, 1.165) is 5.56 Å². The highest BCUT2D eigenvalue weighted by Gasteiger charge is 2.14. The number of nitrogens with one attached hydrogen (secondary N) is 1. The monoisotopic (exact) mass is 305 g/mol. The first kappa shape index (κ1) is 15.2. The number of rotatable bonds is 4. The molecular weight excluding hydrogens is 290 g/mol. The van der Waals surface area contributed by atoms with Gasteiger partial charge in [-0.25, -0.2) is 0 Å². The second-order valence-corrected chi connectivity index (χ2v) is 4.92. The maximum Gasteiger partial charge on any atom is 0.256 e. The smallest absolute Gasteiger partial charge is 0.256 e. The molecule has 0 fully saturated rings. The van der Waals surface area contributed by atoms with E-state index in [1.54, 1.807) is 43.5 Å². The zero-order chi connectivity index (χ0) is 15.4. The number of hydrogen-bond acceptors (Lipinski definition) is 3. The molecule has 4 nitrogen and oxygen atoms in total. The normalized spacial score (nSPS) is 10.1. The topological polar surface area (TPSA) is 47.6 Å². The second-order valence-electron chi connectivity index (χ2n) is 4.48. The average molecular weight is 306 g/mol. The molecular formula is C16H16ClNO3. The van der Waals surface area contributed by atoms with E-state index in [4.69, 9.17) is 21.1 Å². The van der Waals surface area contributed by atoms with Crippen LogP contribution in [-0.2, 0) is 0 Å². The number of anilines is 1. The van der Waals surface area contributed by atoms with Gasteiger partial charge in [-0.2, -0.15) is 0 Å². The van der Waals surface area contributed by atoms with Gasteiger partial charge in [0.2, 0.25) is 0 Å². The zero-order valence-electron chi connectivity index (χ0n) is 12.1. The number of carbonyl (C=O) groups is 1. The first-order chi connectivity index (χ1) is 10.0. The van der Waals surface area contributed by atoms with Crippen LogP contribution in [0.4, 0.5) is 5.69 Å². The Balaban J connectivity index is 2.28. The molecule has 0 spiro atoms. The lowest BCUT2D eigenvalue weighted by atomic mass is 10.1. The summed E-state index contributed by atoms with van der Waals surface area (Å²) in [5, 5.41) is 3.44. The average Bonchev–Trinajstić information content (AvgIpc) is 2.49. The summed E-state index contributed by atoms with van der Waals surface area (Å²) in [6.07, 6.45) is 0. The number of ether oxygens (including phenoxy) is 2. The molecule has 0 heterocycles. The maximum absolute atomic E-state index is 12.3. The van der Waals surface area contributed by atoms with Crippen molar-refractivity contribution in [3.63, 3.8) is 0 Å². The van der Waals surface area contributed by atoms with Gasteiger partial charge in [-0.15, -0.1) is 0 Å². The first-order valence-electron chi connectivity index (χ1n) is 6.34. The third-order valence-electron chi connectivity index (χ3n) is 3.08. The van der Waals surface area contributed by atoms with Crippen molar-refractivity contribution < 1.29 is 14.3 Å². The lowest BCUT2D eigenvalue weighted by Crippen LogP contribution is -2.13. The summed E-state index contributed by atoms with van der Waals surface area (Å²) in [5.41, 5.74) is 2.01. The van der Waals surface area contributed by atoms with Crippen LogP contribution in [0.25, 0.3) is 0 Å². The van der Waals surface area contributed by atoms with Crippen LogP contribution in [0.15, 0.2) is 36.4 Å². The molecule has 0 saturated carbocycles. The third-order valence-corrected chi connectivity index (χ3v) is 3.33. The van der Waals surface area contributed by atoms with Crippen molar-refractivity contribution in [2.24, 2.45) is 0 Å². The van der Waals surface area contributed by atoms with Gasteiger partial charge >= 0.3 is 0 Å². The van der Waals surface area contributed by atoms with Crippen molar-refractivity contribution in [3.8, 4) is 11.5 Å². The zero-order valence-corrected chi connectivity index (χ0v) is 12.8. The summed E-state index contributed by atoms with van der Waals surface area (Å²) in [5.74, 6) is 0.901. The SMILES string of the molecule is COc1cc(C)c(C(=O)Nc2ccc(Cl)cc2)cc1OC. The van der Waals surface area contributed by atoms with Gasteiger partial charge in [-0.05, 0) is 48.9 Å². The minimum Gasteiger partial charge on any atom is -0.493 e.